The minimum atomic E-state index is -0.292. The molecule has 1 aromatic heterocycles. The fraction of sp³-hybridized carbons (Fsp3) is 0.125. The van der Waals surface area contributed by atoms with Crippen LogP contribution in [0, 0.1) is 6.92 Å². The molecule has 0 fully saturated rings. The molecule has 1 heterocycles. The third-order valence-corrected chi connectivity index (χ3v) is 1.58. The van der Waals surface area contributed by atoms with Gasteiger partial charge in [0.1, 0.15) is 0 Å². The summed E-state index contributed by atoms with van der Waals surface area (Å²) in [5, 5.41) is 0. The Morgan fingerprint density at radius 2 is 2.08 bits per heavy atom. The number of fused-ring (bicyclic) bond motifs is 1. The van der Waals surface area contributed by atoms with Crippen LogP contribution in [0.5, 0.6) is 0 Å². The Bertz CT molecular complexity index is 375. The number of nitrogens with zero attached hydrogens (tertiary/aromatic N) is 1. The number of aromatic amines is 1. The van der Waals surface area contributed by atoms with Crippen LogP contribution in [0.15, 0.2) is 24.5 Å². The molecule has 0 aliphatic heterocycles. The molecule has 0 aliphatic rings. The van der Waals surface area contributed by atoms with Gasteiger partial charge in [-0.2, -0.15) is 0 Å². The molecule has 0 unspecified atom stereocenters. The molecule has 0 aliphatic carbocycles. The third-order valence-electron chi connectivity index (χ3n) is 1.58. The van der Waals surface area contributed by atoms with Gasteiger partial charge >= 0.3 is 43.4 Å². The summed E-state index contributed by atoms with van der Waals surface area (Å²) in [5.41, 5.74) is 3.40. The fourth-order valence-electron chi connectivity index (χ4n) is 1.05. The van der Waals surface area contributed by atoms with Crippen molar-refractivity contribution in [1.82, 2.24) is 9.97 Å². The van der Waals surface area contributed by atoms with Crippen molar-refractivity contribution in [2.24, 2.45) is 0 Å². The molecule has 1 aromatic carbocycles. The maximum absolute atomic E-state index is 4.10. The number of imidazole rings is 1. The topological polar surface area (TPSA) is 28.7 Å². The van der Waals surface area contributed by atoms with Gasteiger partial charge in [0.05, 0.1) is 17.4 Å². The Balaban J connectivity index is 0.000000251. The van der Waals surface area contributed by atoms with Crippen molar-refractivity contribution in [1.29, 1.82) is 0 Å². The number of rotatable bonds is 0. The van der Waals surface area contributed by atoms with Gasteiger partial charge in [-0.25, -0.2) is 4.98 Å². The molecule has 68 valence electrons. The molecule has 13 heavy (non-hydrogen) atoms. The second-order valence-corrected chi connectivity index (χ2v) is 19.3. The van der Waals surface area contributed by atoms with E-state index in [0.29, 0.717) is 0 Å². The Morgan fingerprint density at radius 1 is 1.38 bits per heavy atom. The van der Waals surface area contributed by atoms with Gasteiger partial charge in [0.25, 0.3) is 0 Å². The zero-order valence-electron chi connectivity index (χ0n) is 7.01. The summed E-state index contributed by atoms with van der Waals surface area (Å²) in [6, 6.07) is 6.16. The minimum absolute atomic E-state index is 0.292. The van der Waals surface area contributed by atoms with E-state index in [1.807, 2.05) is 6.07 Å². The van der Waals surface area contributed by atoms with Crippen molar-refractivity contribution in [2.75, 3.05) is 0 Å². The van der Waals surface area contributed by atoms with Crippen LogP contribution in [0.1, 0.15) is 5.56 Å². The van der Waals surface area contributed by atoms with Crippen molar-refractivity contribution >= 4 is 54.4 Å². The van der Waals surface area contributed by atoms with Gasteiger partial charge in [-0.3, -0.25) is 0 Å². The molecule has 2 nitrogen and oxygen atoms in total. The number of halogens is 2. The zero-order chi connectivity index (χ0) is 9.68. The second kappa shape index (κ2) is 6.13. The van der Waals surface area contributed by atoms with Crippen LogP contribution in [0.2, 0.25) is 0 Å². The molecule has 2 rings (SSSR count). The van der Waals surface area contributed by atoms with Gasteiger partial charge in [0, 0.05) is 0 Å². The van der Waals surface area contributed by atoms with E-state index in [9.17, 15) is 0 Å². The molecule has 5 heteroatoms. The van der Waals surface area contributed by atoms with E-state index in [1.54, 1.807) is 6.33 Å². The van der Waals surface area contributed by atoms with Crippen molar-refractivity contribution in [3.8, 4) is 0 Å². The number of hydrogen-bond donors (Lipinski definition) is 1. The molecule has 0 spiro atoms. The Hall–Kier alpha value is 0.572. The quantitative estimate of drug-likeness (QED) is 0.555. The number of benzene rings is 1. The van der Waals surface area contributed by atoms with Crippen LogP contribution < -0.4 is 0 Å². The fourth-order valence-corrected chi connectivity index (χ4v) is 1.05. The molecule has 0 bridgehead atoms. The summed E-state index contributed by atoms with van der Waals surface area (Å²) in [4.78, 5) is 7.15. The van der Waals surface area contributed by atoms with Crippen molar-refractivity contribution in [2.45, 2.75) is 6.92 Å². The van der Waals surface area contributed by atoms with E-state index in [4.69, 9.17) is 0 Å². The summed E-state index contributed by atoms with van der Waals surface area (Å²) in [6.45, 7) is 2.07. The molecule has 2 radical (unpaired) electrons. The van der Waals surface area contributed by atoms with E-state index in [2.05, 4.69) is 53.0 Å². The third kappa shape index (κ3) is 3.67. The van der Waals surface area contributed by atoms with E-state index in [0.717, 1.165) is 11.0 Å². The van der Waals surface area contributed by atoms with Gasteiger partial charge in [-0.05, 0) is 24.6 Å². The zero-order valence-corrected chi connectivity index (χ0v) is 14.1. The van der Waals surface area contributed by atoms with Gasteiger partial charge in [-0.1, -0.05) is 6.07 Å². The van der Waals surface area contributed by atoms with Crippen LogP contribution in [-0.4, -0.2) is 29.4 Å². The Labute approximate surface area is 100 Å². The average molecular weight is 499 g/mol. The van der Waals surface area contributed by atoms with Gasteiger partial charge in [0.15, 0.2) is 0 Å². The van der Waals surface area contributed by atoms with Crippen LogP contribution in [0.3, 0.4) is 0 Å². The van der Waals surface area contributed by atoms with Gasteiger partial charge in [-0.15, -0.1) is 0 Å². The number of H-pyrrole nitrogens is 1. The normalized spacial score (nSPS) is 9.46. The molecule has 0 saturated heterocycles. The molecular formula is C8H8Br2N2Pb. The number of nitrogens with one attached hydrogen (secondary N) is 1. The predicted octanol–water partition coefficient (Wildman–Crippen LogP) is 3.18. The van der Waals surface area contributed by atoms with E-state index >= 15 is 0 Å². The average Bonchev–Trinajstić information content (AvgIpc) is 2.52. The first kappa shape index (κ1) is 11.6. The SMILES string of the molecule is Cc1ccc2nc[nH]c2c1.[Br][Pb][Br]. The van der Waals surface area contributed by atoms with E-state index < -0.39 is 0 Å². The van der Waals surface area contributed by atoms with E-state index in [-0.39, 0.29) is 19.4 Å². The van der Waals surface area contributed by atoms with Crippen LogP contribution in [0.4, 0.5) is 0 Å². The molecule has 2 aromatic rings. The first-order valence-electron chi connectivity index (χ1n) is 3.64. The summed E-state index contributed by atoms with van der Waals surface area (Å²) in [7, 11) is 0. The number of hydrogen-bond acceptors (Lipinski definition) is 1. The van der Waals surface area contributed by atoms with Crippen LogP contribution >= 0.6 is 24.0 Å². The van der Waals surface area contributed by atoms with Crippen molar-refractivity contribution < 1.29 is 0 Å². The van der Waals surface area contributed by atoms with Crippen molar-refractivity contribution in [3.05, 3.63) is 30.1 Å². The van der Waals surface area contributed by atoms with Gasteiger partial charge in [0.2, 0.25) is 0 Å². The predicted molar refractivity (Wildman–Crippen MR) is 64.4 cm³/mol. The molecule has 0 amide bonds. The van der Waals surface area contributed by atoms with Crippen LogP contribution in [-0.2, 0) is 0 Å². The second-order valence-electron chi connectivity index (χ2n) is 2.49. The molecule has 0 saturated carbocycles. The molecule has 1 N–H and O–H groups in total. The summed E-state index contributed by atoms with van der Waals surface area (Å²) >= 11 is 6.22. The van der Waals surface area contributed by atoms with Crippen LogP contribution in [0.25, 0.3) is 11.0 Å². The van der Waals surface area contributed by atoms with Crippen molar-refractivity contribution in [3.63, 3.8) is 0 Å². The standard InChI is InChI=1S/C8H8N2.2BrH.Pb/c1-6-2-3-7-8(4-6)10-5-9-7;;;/h2-5H,1H3,(H,9,10);2*1H;/q;;;+2/p-2. The Kier molecular flexibility index (Phi) is 5.49. The number of aromatic nitrogens is 2. The summed E-state index contributed by atoms with van der Waals surface area (Å²) in [6.07, 6.45) is 1.71. The van der Waals surface area contributed by atoms with E-state index in [1.165, 1.54) is 5.56 Å². The summed E-state index contributed by atoms with van der Waals surface area (Å²) < 4.78 is 0. The monoisotopic (exact) mass is 498 g/mol. The number of aryl methyl sites for hydroxylation is 1. The molecular weight excluding hydrogens is 491 g/mol. The molecule has 0 atom stereocenters. The maximum atomic E-state index is 4.10. The first-order valence-corrected chi connectivity index (χ1v) is 20.5. The summed E-state index contributed by atoms with van der Waals surface area (Å²) in [5.74, 6) is 0. The Morgan fingerprint density at radius 3 is 2.77 bits per heavy atom. The first-order chi connectivity index (χ1) is 6.27. The van der Waals surface area contributed by atoms with Gasteiger partial charge < -0.3 is 4.98 Å².